The minimum absolute atomic E-state index is 0.0177. The van der Waals surface area contributed by atoms with Crippen molar-refractivity contribution in [3.63, 3.8) is 0 Å². The second-order valence-electron chi connectivity index (χ2n) is 18.5. The number of hydrogen-bond donors (Lipinski definition) is 3. The molecule has 13 heteroatoms. The Morgan fingerprint density at radius 1 is 1.11 bits per heavy atom. The summed E-state index contributed by atoms with van der Waals surface area (Å²) in [7, 11) is 3.34. The maximum atomic E-state index is 14.6. The number of nitrogens with one attached hydrogen (secondary N) is 2. The van der Waals surface area contributed by atoms with Gasteiger partial charge in [-0.25, -0.2) is 5.43 Å². The Kier molecular flexibility index (Phi) is 12.6. The Morgan fingerprint density at radius 3 is 2.56 bits per heavy atom. The maximum absolute atomic E-state index is 14.6. The Labute approximate surface area is 359 Å². The summed E-state index contributed by atoms with van der Waals surface area (Å²) in [5, 5.41) is 16.7. The molecule has 3 aliphatic rings. The first-order valence-corrected chi connectivity index (χ1v) is 21.8. The highest BCUT2D eigenvalue weighted by molar-refractivity contribution is 5.96. The van der Waals surface area contributed by atoms with E-state index in [1.54, 1.807) is 32.5 Å². The molecule has 2 fully saturated rings. The first kappa shape index (κ1) is 43.8. The molecule has 2 aromatic heterocycles. The number of likely N-dealkylation sites (N-methyl/N-ethyl adjacent to an activating group) is 1. The zero-order valence-corrected chi connectivity index (χ0v) is 37.1. The van der Waals surface area contributed by atoms with Crippen LogP contribution in [0.15, 0.2) is 54.7 Å². The van der Waals surface area contributed by atoms with Crippen molar-refractivity contribution in [1.82, 2.24) is 30.2 Å². The van der Waals surface area contributed by atoms with Crippen LogP contribution in [0.25, 0.3) is 33.3 Å². The molecule has 1 unspecified atom stereocenters. The molecular formula is C48H62N6O7. The smallest absolute Gasteiger partial charge is 0.324 e. The molecule has 326 valence electrons. The van der Waals surface area contributed by atoms with Crippen molar-refractivity contribution in [2.45, 2.75) is 111 Å². The van der Waals surface area contributed by atoms with Crippen LogP contribution >= 0.6 is 0 Å². The summed E-state index contributed by atoms with van der Waals surface area (Å²) in [6.45, 7) is 15.2. The first-order chi connectivity index (χ1) is 29.0. The molecule has 7 rings (SSSR count). The number of aryl methyl sites for hydroxylation is 1. The number of cyclic esters (lactones) is 1. The molecule has 0 spiro atoms. The van der Waals surface area contributed by atoms with Crippen LogP contribution in [0.2, 0.25) is 0 Å². The van der Waals surface area contributed by atoms with Crippen LogP contribution < -0.4 is 10.7 Å². The molecule has 3 amide bonds. The maximum Gasteiger partial charge on any atom is 0.324 e. The third-order valence-electron chi connectivity index (χ3n) is 12.8. The van der Waals surface area contributed by atoms with E-state index in [0.29, 0.717) is 37.9 Å². The SMILES string of the molecule is CCn1c(-c2cccnc2[C@H](C)OC)c2c3cc(ccc31)-c1cc(O)cc(c1)C[C@H](NC(=O)C(C(C)C)N(C)C(=O)[C@@H]1C[C@H]1C)C(=O)N1CCC[C@H](N1)C(=O)OCC(C)(C)C2. The summed E-state index contributed by atoms with van der Waals surface area (Å²) in [6.07, 6.45) is 3.91. The van der Waals surface area contributed by atoms with Crippen LogP contribution in [0.5, 0.6) is 5.75 Å². The predicted octanol–water partition coefficient (Wildman–Crippen LogP) is 6.59. The summed E-state index contributed by atoms with van der Waals surface area (Å²) >= 11 is 0. The Balaban J connectivity index is 1.35. The number of aromatic nitrogens is 2. The van der Waals surface area contributed by atoms with E-state index in [2.05, 4.69) is 54.3 Å². The van der Waals surface area contributed by atoms with Crippen molar-refractivity contribution >= 4 is 34.6 Å². The number of carbonyl (C=O) groups excluding carboxylic acids is 4. The highest BCUT2D eigenvalue weighted by atomic mass is 16.5. The fourth-order valence-electron chi connectivity index (χ4n) is 9.31. The number of phenolic OH excluding ortho intramolecular Hbond substituents is 1. The topological polar surface area (TPSA) is 155 Å². The number of benzene rings is 2. The van der Waals surface area contributed by atoms with E-state index in [1.807, 2.05) is 45.9 Å². The molecule has 4 heterocycles. The molecular weight excluding hydrogens is 773 g/mol. The van der Waals surface area contributed by atoms with E-state index in [-0.39, 0.29) is 48.5 Å². The molecule has 1 saturated heterocycles. The van der Waals surface area contributed by atoms with Crippen molar-refractivity contribution in [3.8, 4) is 28.1 Å². The third-order valence-corrected chi connectivity index (χ3v) is 12.8. The van der Waals surface area contributed by atoms with Crippen LogP contribution in [0, 0.1) is 23.2 Å². The third kappa shape index (κ3) is 9.04. The van der Waals surface area contributed by atoms with Crippen LogP contribution in [0.3, 0.4) is 0 Å². The lowest BCUT2D eigenvalue weighted by Crippen LogP contribution is -2.62. The van der Waals surface area contributed by atoms with Crippen molar-refractivity contribution in [1.29, 1.82) is 0 Å². The fourth-order valence-corrected chi connectivity index (χ4v) is 9.31. The Hall–Kier alpha value is -5.27. The van der Waals surface area contributed by atoms with Gasteiger partial charge in [0.2, 0.25) is 11.8 Å². The highest BCUT2D eigenvalue weighted by Gasteiger charge is 2.44. The highest BCUT2D eigenvalue weighted by Crippen LogP contribution is 2.43. The molecule has 61 heavy (non-hydrogen) atoms. The standard InChI is InChI=1S/C48H62N6O7/c1-10-53-40-16-15-31-24-36(40)37(43(53)34-13-11-17-49-41(34)29(5)60-9)25-48(6,7)26-61-47(59)38-14-12-18-54(51-38)46(58)39(22-30-20-32(31)23-33(55)21-30)50-44(56)42(27(2)3)52(8)45(57)35-19-28(35)4/h11,13,15-17,20-21,23-24,27-29,35,38-39,42,51,55H,10,12,14,18-19,22,25-26H2,1-9H3,(H,50,56)/t28-,29+,35-,38+,39+,42?/m1/s1. The molecule has 4 aromatic rings. The lowest BCUT2D eigenvalue weighted by molar-refractivity contribution is -0.155. The van der Waals surface area contributed by atoms with Gasteiger partial charge in [0.15, 0.2) is 0 Å². The van der Waals surface area contributed by atoms with Crippen LogP contribution in [-0.2, 0) is 48.0 Å². The van der Waals surface area contributed by atoms with E-state index < -0.39 is 41.3 Å². The second-order valence-corrected chi connectivity index (χ2v) is 18.5. The van der Waals surface area contributed by atoms with E-state index in [0.717, 1.165) is 51.0 Å². The number of aromatic hydroxyl groups is 1. The minimum atomic E-state index is -1.09. The number of fused-ring (bicyclic) bond motifs is 6. The molecule has 2 aliphatic heterocycles. The molecule has 2 aromatic carbocycles. The van der Waals surface area contributed by atoms with Crippen LogP contribution in [0.1, 0.15) is 90.7 Å². The van der Waals surface area contributed by atoms with Gasteiger partial charge in [-0.2, -0.15) is 0 Å². The van der Waals surface area contributed by atoms with Crippen molar-refractivity contribution < 1.29 is 33.8 Å². The van der Waals surface area contributed by atoms with E-state index in [9.17, 15) is 24.3 Å². The van der Waals surface area contributed by atoms with E-state index >= 15 is 0 Å². The summed E-state index contributed by atoms with van der Waals surface area (Å²) in [5.41, 5.74) is 9.74. The number of pyridine rings is 1. The minimum Gasteiger partial charge on any atom is -0.508 e. The predicted molar refractivity (Wildman–Crippen MR) is 234 cm³/mol. The molecule has 3 N–H and O–H groups in total. The van der Waals surface area contributed by atoms with Gasteiger partial charge in [-0.15, -0.1) is 0 Å². The van der Waals surface area contributed by atoms with Crippen molar-refractivity contribution in [2.24, 2.45) is 23.2 Å². The van der Waals surface area contributed by atoms with Gasteiger partial charge in [-0.05, 0) is 110 Å². The lowest BCUT2D eigenvalue weighted by Gasteiger charge is -2.36. The van der Waals surface area contributed by atoms with Crippen molar-refractivity contribution in [2.75, 3.05) is 27.3 Å². The van der Waals surface area contributed by atoms with E-state index in [1.165, 1.54) is 9.91 Å². The van der Waals surface area contributed by atoms with Gasteiger partial charge in [0.1, 0.15) is 23.9 Å². The molecule has 1 saturated carbocycles. The summed E-state index contributed by atoms with van der Waals surface area (Å²) < 4.78 is 14.2. The quantitative estimate of drug-likeness (QED) is 0.159. The number of methoxy groups -OCH3 is 1. The Bertz CT molecular complexity index is 2320. The second kappa shape index (κ2) is 17.6. The van der Waals surface area contributed by atoms with Gasteiger partial charge in [-0.1, -0.05) is 46.8 Å². The van der Waals surface area contributed by atoms with Crippen molar-refractivity contribution in [3.05, 3.63) is 71.5 Å². The summed E-state index contributed by atoms with van der Waals surface area (Å²) in [4.78, 5) is 62.4. The fraction of sp³-hybridized carbons (Fsp3) is 0.521. The zero-order valence-electron chi connectivity index (χ0n) is 37.1. The average Bonchev–Trinajstić information content (AvgIpc) is 3.90. The largest absolute Gasteiger partial charge is 0.508 e. The Morgan fingerprint density at radius 2 is 1.87 bits per heavy atom. The molecule has 1 aliphatic carbocycles. The number of carbonyl (C=O) groups is 4. The number of nitrogens with zero attached hydrogens (tertiary/aromatic N) is 4. The summed E-state index contributed by atoms with van der Waals surface area (Å²) in [5.74, 6) is -1.48. The molecule has 6 bridgehead atoms. The van der Waals surface area contributed by atoms with E-state index in [4.69, 9.17) is 14.5 Å². The first-order valence-electron chi connectivity index (χ1n) is 21.8. The normalized spacial score (nSPS) is 22.6. The van der Waals surface area contributed by atoms with Gasteiger partial charge in [0.05, 0.1) is 24.1 Å². The van der Waals surface area contributed by atoms with Gasteiger partial charge < -0.3 is 29.4 Å². The molecule has 0 radical (unpaired) electrons. The average molecular weight is 835 g/mol. The number of hydrogen-bond acceptors (Lipinski definition) is 9. The summed E-state index contributed by atoms with van der Waals surface area (Å²) in [6, 6.07) is 12.9. The number of hydrazine groups is 1. The number of rotatable bonds is 9. The van der Waals surface area contributed by atoms with Gasteiger partial charge in [0, 0.05) is 67.7 Å². The van der Waals surface area contributed by atoms with Gasteiger partial charge in [0.25, 0.3) is 5.91 Å². The number of phenols is 1. The molecule has 13 nitrogen and oxygen atoms in total. The monoisotopic (exact) mass is 834 g/mol. The van der Waals surface area contributed by atoms with Crippen LogP contribution in [-0.4, -0.2) is 93.7 Å². The van der Waals surface area contributed by atoms with Crippen LogP contribution in [0.4, 0.5) is 0 Å². The van der Waals surface area contributed by atoms with Gasteiger partial charge in [-0.3, -0.25) is 29.2 Å². The number of ether oxygens (including phenoxy) is 2. The number of esters is 1. The zero-order chi connectivity index (χ0) is 43.9. The lowest BCUT2D eigenvalue weighted by atomic mass is 9.84. The molecule has 6 atom stereocenters. The number of amides is 3. The van der Waals surface area contributed by atoms with Gasteiger partial charge >= 0.3 is 5.97 Å².